The summed E-state index contributed by atoms with van der Waals surface area (Å²) in [6, 6.07) is 3.88. The lowest BCUT2D eigenvalue weighted by Gasteiger charge is -2.13. The summed E-state index contributed by atoms with van der Waals surface area (Å²) < 4.78 is 24.1. The zero-order valence-electron chi connectivity index (χ0n) is 7.18. The Hall–Kier alpha value is -0.380. The second kappa shape index (κ2) is 4.91. The molecule has 5 heteroatoms. The van der Waals surface area contributed by atoms with Crippen molar-refractivity contribution >= 4 is 23.2 Å². The number of hydrogen-bond acceptors (Lipinski definition) is 1. The van der Waals surface area contributed by atoms with Crippen molar-refractivity contribution in [1.82, 2.24) is 0 Å². The van der Waals surface area contributed by atoms with Crippen LogP contribution >= 0.6 is 23.2 Å². The van der Waals surface area contributed by atoms with E-state index >= 15 is 0 Å². The second-order valence-electron chi connectivity index (χ2n) is 2.90. The van der Waals surface area contributed by atoms with Gasteiger partial charge in [-0.3, -0.25) is 0 Å². The summed E-state index contributed by atoms with van der Waals surface area (Å²) in [5, 5.41) is 0.786. The van der Waals surface area contributed by atoms with E-state index in [0.29, 0.717) is 15.6 Å². The van der Waals surface area contributed by atoms with Gasteiger partial charge in [0.15, 0.2) is 0 Å². The number of benzene rings is 1. The summed E-state index contributed by atoms with van der Waals surface area (Å²) in [5.74, 6) is 0. The predicted molar refractivity (Wildman–Crippen MR) is 54.0 cm³/mol. The molecule has 1 aromatic rings. The van der Waals surface area contributed by atoms with Crippen molar-refractivity contribution in [3.63, 3.8) is 0 Å². The van der Waals surface area contributed by atoms with Crippen molar-refractivity contribution in [2.75, 3.05) is 0 Å². The lowest BCUT2D eigenvalue weighted by Crippen LogP contribution is -2.14. The van der Waals surface area contributed by atoms with Gasteiger partial charge in [0.1, 0.15) is 0 Å². The molecular weight excluding hydrogens is 231 g/mol. The Bertz CT molecular complexity index is 318. The van der Waals surface area contributed by atoms with Crippen molar-refractivity contribution in [1.29, 1.82) is 0 Å². The maximum Gasteiger partial charge on any atom is 0.240 e. The van der Waals surface area contributed by atoms with Gasteiger partial charge in [-0.1, -0.05) is 29.3 Å². The molecule has 78 valence electrons. The first kappa shape index (κ1) is 11.7. The third-order valence-corrected chi connectivity index (χ3v) is 2.36. The average molecular weight is 240 g/mol. The predicted octanol–water partition coefficient (Wildman–Crippen LogP) is 3.65. The fourth-order valence-corrected chi connectivity index (χ4v) is 1.67. The van der Waals surface area contributed by atoms with E-state index in [9.17, 15) is 8.78 Å². The van der Waals surface area contributed by atoms with Crippen LogP contribution in [0.1, 0.15) is 18.0 Å². The minimum atomic E-state index is -2.43. The van der Waals surface area contributed by atoms with E-state index in [0.717, 1.165) is 0 Å². The zero-order chi connectivity index (χ0) is 10.7. The first-order chi connectivity index (χ1) is 6.50. The lowest BCUT2D eigenvalue weighted by molar-refractivity contribution is 0.128. The standard InChI is InChI=1S/C9H9Cl2F2N/c10-5-1-2-6(7(11)3-5)8(14)4-9(12)13/h1-3,8-9H,4,14H2/t8-/m1/s1. The van der Waals surface area contributed by atoms with Gasteiger partial charge in [0.05, 0.1) is 0 Å². The molecule has 0 aliphatic heterocycles. The molecule has 14 heavy (non-hydrogen) atoms. The summed E-state index contributed by atoms with van der Waals surface area (Å²) in [5.41, 5.74) is 6.04. The molecule has 1 nitrogen and oxygen atoms in total. The van der Waals surface area contributed by atoms with E-state index < -0.39 is 18.9 Å². The Morgan fingerprint density at radius 2 is 1.93 bits per heavy atom. The van der Waals surface area contributed by atoms with Crippen molar-refractivity contribution in [3.05, 3.63) is 33.8 Å². The third kappa shape index (κ3) is 3.08. The van der Waals surface area contributed by atoms with Crippen molar-refractivity contribution < 1.29 is 8.78 Å². The molecular formula is C9H9Cl2F2N. The fourth-order valence-electron chi connectivity index (χ4n) is 1.12. The maximum atomic E-state index is 12.0. The van der Waals surface area contributed by atoms with Crippen LogP contribution in [0.4, 0.5) is 8.78 Å². The van der Waals surface area contributed by atoms with E-state index in [1.807, 2.05) is 0 Å². The van der Waals surface area contributed by atoms with Gasteiger partial charge < -0.3 is 5.73 Å². The Morgan fingerprint density at radius 1 is 1.29 bits per heavy atom. The highest BCUT2D eigenvalue weighted by molar-refractivity contribution is 6.35. The molecule has 1 atom stereocenters. The molecule has 0 aromatic heterocycles. The summed E-state index contributed by atoms with van der Waals surface area (Å²) in [7, 11) is 0. The smallest absolute Gasteiger partial charge is 0.240 e. The van der Waals surface area contributed by atoms with Crippen molar-refractivity contribution in [2.45, 2.75) is 18.9 Å². The maximum absolute atomic E-state index is 12.0. The van der Waals surface area contributed by atoms with E-state index in [1.165, 1.54) is 6.07 Å². The van der Waals surface area contributed by atoms with Crippen LogP contribution in [0.5, 0.6) is 0 Å². The van der Waals surface area contributed by atoms with E-state index in [1.54, 1.807) is 12.1 Å². The van der Waals surface area contributed by atoms with Gasteiger partial charge in [0.2, 0.25) is 6.43 Å². The van der Waals surface area contributed by atoms with Crippen LogP contribution in [0.15, 0.2) is 18.2 Å². The van der Waals surface area contributed by atoms with Gasteiger partial charge in [-0.05, 0) is 17.7 Å². The van der Waals surface area contributed by atoms with Gasteiger partial charge in [0.25, 0.3) is 0 Å². The summed E-state index contributed by atoms with van der Waals surface area (Å²) >= 11 is 11.5. The SMILES string of the molecule is N[C@H](CC(F)F)c1ccc(Cl)cc1Cl. The number of alkyl halides is 2. The van der Waals surface area contributed by atoms with Gasteiger partial charge in [-0.25, -0.2) is 8.78 Å². The molecule has 0 aliphatic rings. The van der Waals surface area contributed by atoms with E-state index in [2.05, 4.69) is 0 Å². The van der Waals surface area contributed by atoms with E-state index in [-0.39, 0.29) is 0 Å². The van der Waals surface area contributed by atoms with Crippen molar-refractivity contribution in [3.8, 4) is 0 Å². The quantitative estimate of drug-likeness (QED) is 0.857. The first-order valence-electron chi connectivity index (χ1n) is 3.99. The second-order valence-corrected chi connectivity index (χ2v) is 3.74. The number of nitrogens with two attached hydrogens (primary N) is 1. The first-order valence-corrected chi connectivity index (χ1v) is 4.75. The van der Waals surface area contributed by atoms with Crippen molar-refractivity contribution in [2.24, 2.45) is 5.73 Å². The molecule has 0 saturated heterocycles. The molecule has 1 rings (SSSR count). The minimum absolute atomic E-state index is 0.325. The van der Waals surface area contributed by atoms with Crippen LogP contribution in [0, 0.1) is 0 Å². The summed E-state index contributed by atoms with van der Waals surface area (Å²) in [6.45, 7) is 0. The Balaban J connectivity index is 2.84. The van der Waals surface area contributed by atoms with Gasteiger partial charge in [-0.2, -0.15) is 0 Å². The van der Waals surface area contributed by atoms with Crippen LogP contribution < -0.4 is 5.73 Å². The van der Waals surface area contributed by atoms with E-state index in [4.69, 9.17) is 28.9 Å². The Kier molecular flexibility index (Phi) is 4.11. The van der Waals surface area contributed by atoms with Gasteiger partial charge in [0, 0.05) is 22.5 Å². The minimum Gasteiger partial charge on any atom is -0.324 e. The third-order valence-electron chi connectivity index (χ3n) is 1.79. The molecule has 0 bridgehead atoms. The topological polar surface area (TPSA) is 26.0 Å². The molecule has 2 N–H and O–H groups in total. The normalized spacial score (nSPS) is 13.3. The van der Waals surface area contributed by atoms with Crippen LogP contribution in [-0.4, -0.2) is 6.43 Å². The molecule has 0 saturated carbocycles. The lowest BCUT2D eigenvalue weighted by atomic mass is 10.1. The number of rotatable bonds is 3. The molecule has 0 aliphatic carbocycles. The summed E-state index contributed by atoms with van der Waals surface area (Å²) in [6.07, 6.45) is -2.84. The van der Waals surface area contributed by atoms with Gasteiger partial charge >= 0.3 is 0 Å². The average Bonchev–Trinajstić information content (AvgIpc) is 2.01. The largest absolute Gasteiger partial charge is 0.324 e. The van der Waals surface area contributed by atoms with Crippen LogP contribution in [-0.2, 0) is 0 Å². The van der Waals surface area contributed by atoms with Crippen LogP contribution in [0.2, 0.25) is 10.0 Å². The highest BCUT2D eigenvalue weighted by Crippen LogP contribution is 2.27. The number of halogens is 4. The van der Waals surface area contributed by atoms with Crippen LogP contribution in [0.3, 0.4) is 0 Å². The zero-order valence-corrected chi connectivity index (χ0v) is 8.69. The molecule has 1 aromatic carbocycles. The monoisotopic (exact) mass is 239 g/mol. The molecule has 0 amide bonds. The fraction of sp³-hybridized carbons (Fsp3) is 0.333. The molecule has 0 fully saturated rings. The molecule has 0 unspecified atom stereocenters. The number of hydrogen-bond donors (Lipinski definition) is 1. The van der Waals surface area contributed by atoms with Crippen LogP contribution in [0.25, 0.3) is 0 Å². The highest BCUT2D eigenvalue weighted by Gasteiger charge is 2.15. The molecule has 0 radical (unpaired) electrons. The molecule has 0 spiro atoms. The summed E-state index contributed by atoms with van der Waals surface area (Å²) in [4.78, 5) is 0. The highest BCUT2D eigenvalue weighted by atomic mass is 35.5. The van der Waals surface area contributed by atoms with Gasteiger partial charge in [-0.15, -0.1) is 0 Å². The Labute approximate surface area is 90.8 Å². The Morgan fingerprint density at radius 3 is 2.43 bits per heavy atom. The molecule has 0 heterocycles.